The van der Waals surface area contributed by atoms with Gasteiger partial charge in [0.15, 0.2) is 11.6 Å². The predicted octanol–water partition coefficient (Wildman–Crippen LogP) is 7.14. The average Bonchev–Trinajstić information content (AvgIpc) is 2.79. The molecule has 1 heterocycles. The zero-order chi connectivity index (χ0) is 21.3. The Bertz CT molecular complexity index is 786. The number of halogens is 2. The molecule has 0 bridgehead atoms. The molecule has 0 N–H and O–H groups in total. The van der Waals surface area contributed by atoms with E-state index in [-0.39, 0.29) is 5.56 Å². The van der Waals surface area contributed by atoms with E-state index in [1.807, 2.05) is 0 Å². The van der Waals surface area contributed by atoms with Crippen molar-refractivity contribution >= 4 is 0 Å². The van der Waals surface area contributed by atoms with Gasteiger partial charge in [0, 0.05) is 11.6 Å². The first-order valence-corrected chi connectivity index (χ1v) is 11.6. The van der Waals surface area contributed by atoms with E-state index in [0.717, 1.165) is 31.6 Å². The third-order valence-electron chi connectivity index (χ3n) is 6.44. The molecule has 0 atom stereocenters. The van der Waals surface area contributed by atoms with Gasteiger partial charge >= 0.3 is 0 Å². The number of aromatic nitrogens is 2. The van der Waals surface area contributed by atoms with E-state index in [1.165, 1.54) is 32.1 Å². The zero-order valence-electron chi connectivity index (χ0n) is 18.3. The van der Waals surface area contributed by atoms with Gasteiger partial charge in [-0.1, -0.05) is 64.9 Å². The van der Waals surface area contributed by atoms with Crippen LogP contribution in [0.2, 0.25) is 0 Å². The molecule has 164 valence electrons. The number of ether oxygens (including phenoxy) is 1. The van der Waals surface area contributed by atoms with E-state index in [1.54, 1.807) is 24.3 Å². The van der Waals surface area contributed by atoms with E-state index in [9.17, 15) is 8.78 Å². The quantitative estimate of drug-likeness (QED) is 0.386. The van der Waals surface area contributed by atoms with Crippen molar-refractivity contribution in [2.45, 2.75) is 78.1 Å². The zero-order valence-corrected chi connectivity index (χ0v) is 18.3. The largest absolute Gasteiger partial charge is 0.477 e. The Morgan fingerprint density at radius 2 is 1.67 bits per heavy atom. The van der Waals surface area contributed by atoms with Gasteiger partial charge in [-0.25, -0.2) is 8.78 Å². The van der Waals surface area contributed by atoms with E-state index in [2.05, 4.69) is 24.0 Å². The second-order valence-corrected chi connectivity index (χ2v) is 8.55. The monoisotopic (exact) mass is 416 g/mol. The highest BCUT2D eigenvalue weighted by Crippen LogP contribution is 2.34. The summed E-state index contributed by atoms with van der Waals surface area (Å²) in [5.74, 6) is 0.296. The van der Waals surface area contributed by atoms with Crippen LogP contribution in [-0.4, -0.2) is 16.8 Å². The third-order valence-corrected chi connectivity index (χ3v) is 6.44. The molecule has 0 radical (unpaired) electrons. The van der Waals surface area contributed by atoms with Crippen molar-refractivity contribution in [1.82, 2.24) is 10.2 Å². The standard InChI is InChI=1S/C25H34F2N2O/c1-3-5-6-17-30-23-16-15-22(28-29-23)21-14-13-20(24(26)25(21)27)12-11-19-9-7-18(4-2)8-10-19/h13-16,18-19H,3-12,17H2,1-2H3. The number of aryl methyl sites for hydroxylation is 1. The highest BCUT2D eigenvalue weighted by molar-refractivity contribution is 5.60. The van der Waals surface area contributed by atoms with Crippen LogP contribution in [0.5, 0.6) is 5.88 Å². The lowest BCUT2D eigenvalue weighted by atomic mass is 9.78. The molecular formula is C25H34F2N2O. The van der Waals surface area contributed by atoms with Crippen molar-refractivity contribution in [2.24, 2.45) is 11.8 Å². The van der Waals surface area contributed by atoms with Gasteiger partial charge in [-0.2, -0.15) is 0 Å². The molecular weight excluding hydrogens is 382 g/mol. The molecule has 1 aromatic heterocycles. The minimum absolute atomic E-state index is 0.143. The maximum absolute atomic E-state index is 14.7. The summed E-state index contributed by atoms with van der Waals surface area (Å²) in [6, 6.07) is 6.60. The normalized spacial score (nSPS) is 19.1. The average molecular weight is 417 g/mol. The fourth-order valence-corrected chi connectivity index (χ4v) is 4.34. The summed E-state index contributed by atoms with van der Waals surface area (Å²) in [4.78, 5) is 0. The highest BCUT2D eigenvalue weighted by Gasteiger charge is 2.21. The lowest BCUT2D eigenvalue weighted by molar-refractivity contribution is 0.258. The number of unbranched alkanes of at least 4 members (excludes halogenated alkanes) is 2. The molecule has 0 amide bonds. The maximum atomic E-state index is 14.7. The van der Waals surface area contributed by atoms with Crippen molar-refractivity contribution in [1.29, 1.82) is 0 Å². The molecule has 1 aliphatic carbocycles. The topological polar surface area (TPSA) is 35.0 Å². The Hall–Kier alpha value is -2.04. The smallest absolute Gasteiger partial charge is 0.233 e. The van der Waals surface area contributed by atoms with Crippen molar-refractivity contribution in [2.75, 3.05) is 6.61 Å². The van der Waals surface area contributed by atoms with E-state index < -0.39 is 11.6 Å². The number of hydrogen-bond donors (Lipinski definition) is 0. The van der Waals surface area contributed by atoms with Gasteiger partial charge in [0.25, 0.3) is 0 Å². The number of benzene rings is 1. The van der Waals surface area contributed by atoms with Crippen molar-refractivity contribution in [3.8, 4) is 17.1 Å². The summed E-state index contributed by atoms with van der Waals surface area (Å²) in [5.41, 5.74) is 0.916. The summed E-state index contributed by atoms with van der Waals surface area (Å²) in [5, 5.41) is 8.03. The Balaban J connectivity index is 1.59. The van der Waals surface area contributed by atoms with Crippen molar-refractivity contribution < 1.29 is 13.5 Å². The Morgan fingerprint density at radius 3 is 2.33 bits per heavy atom. The Labute approximate surface area is 179 Å². The summed E-state index contributed by atoms with van der Waals surface area (Å²) >= 11 is 0. The van der Waals surface area contributed by atoms with Crippen LogP contribution in [0.1, 0.15) is 77.2 Å². The van der Waals surface area contributed by atoms with Crippen LogP contribution in [-0.2, 0) is 6.42 Å². The Kier molecular flexibility index (Phi) is 8.59. The van der Waals surface area contributed by atoms with Crippen LogP contribution in [0.15, 0.2) is 24.3 Å². The highest BCUT2D eigenvalue weighted by atomic mass is 19.2. The number of hydrogen-bond acceptors (Lipinski definition) is 3. The van der Waals surface area contributed by atoms with Gasteiger partial charge in [0.05, 0.1) is 12.3 Å². The summed E-state index contributed by atoms with van der Waals surface area (Å²) < 4.78 is 34.9. The fourth-order valence-electron chi connectivity index (χ4n) is 4.34. The van der Waals surface area contributed by atoms with Gasteiger partial charge < -0.3 is 4.74 Å². The van der Waals surface area contributed by atoms with Crippen LogP contribution < -0.4 is 4.74 Å². The SMILES string of the molecule is CCCCCOc1ccc(-c2ccc(CCC3CCC(CC)CC3)c(F)c2F)nn1. The first-order chi connectivity index (χ1) is 14.6. The second-order valence-electron chi connectivity index (χ2n) is 8.55. The third kappa shape index (κ3) is 5.99. The maximum Gasteiger partial charge on any atom is 0.233 e. The second kappa shape index (κ2) is 11.4. The summed E-state index contributed by atoms with van der Waals surface area (Å²) in [6.45, 7) is 4.97. The van der Waals surface area contributed by atoms with E-state index in [4.69, 9.17) is 4.74 Å². The van der Waals surface area contributed by atoms with Gasteiger partial charge in [0.1, 0.15) is 0 Å². The first kappa shape index (κ1) is 22.6. The summed E-state index contributed by atoms with van der Waals surface area (Å²) in [7, 11) is 0. The molecule has 1 fully saturated rings. The number of rotatable bonds is 10. The predicted molar refractivity (Wildman–Crippen MR) is 116 cm³/mol. The summed E-state index contributed by atoms with van der Waals surface area (Å²) in [6.07, 6.45) is 10.9. The van der Waals surface area contributed by atoms with Crippen LogP contribution in [0.25, 0.3) is 11.3 Å². The van der Waals surface area contributed by atoms with Gasteiger partial charge in [0.2, 0.25) is 5.88 Å². The first-order valence-electron chi connectivity index (χ1n) is 11.6. The van der Waals surface area contributed by atoms with Crippen LogP contribution >= 0.6 is 0 Å². The molecule has 0 aliphatic heterocycles. The molecule has 0 saturated heterocycles. The lowest BCUT2D eigenvalue weighted by Crippen LogP contribution is -2.14. The lowest BCUT2D eigenvalue weighted by Gasteiger charge is -2.27. The van der Waals surface area contributed by atoms with Crippen LogP contribution in [0.3, 0.4) is 0 Å². The minimum atomic E-state index is -0.840. The molecule has 30 heavy (non-hydrogen) atoms. The molecule has 3 nitrogen and oxygen atoms in total. The molecule has 0 spiro atoms. The van der Waals surface area contributed by atoms with E-state index in [0.29, 0.717) is 36.1 Å². The molecule has 1 saturated carbocycles. The molecule has 3 rings (SSSR count). The molecule has 5 heteroatoms. The molecule has 1 aromatic carbocycles. The van der Waals surface area contributed by atoms with Gasteiger partial charge in [-0.15, -0.1) is 10.2 Å². The molecule has 0 unspecified atom stereocenters. The minimum Gasteiger partial charge on any atom is -0.477 e. The van der Waals surface area contributed by atoms with Gasteiger partial charge in [-0.3, -0.25) is 0 Å². The van der Waals surface area contributed by atoms with Crippen LogP contribution in [0.4, 0.5) is 8.78 Å². The van der Waals surface area contributed by atoms with E-state index >= 15 is 0 Å². The molecule has 1 aliphatic rings. The fraction of sp³-hybridized carbons (Fsp3) is 0.600. The van der Waals surface area contributed by atoms with Crippen LogP contribution in [0, 0.1) is 23.5 Å². The van der Waals surface area contributed by atoms with Gasteiger partial charge in [-0.05, 0) is 48.8 Å². The van der Waals surface area contributed by atoms with Crippen molar-refractivity contribution in [3.63, 3.8) is 0 Å². The Morgan fingerprint density at radius 1 is 0.900 bits per heavy atom. The van der Waals surface area contributed by atoms with Crippen molar-refractivity contribution in [3.05, 3.63) is 41.5 Å². The molecule has 2 aromatic rings. The number of nitrogens with zero attached hydrogens (tertiary/aromatic N) is 2.